The van der Waals surface area contributed by atoms with E-state index in [0.29, 0.717) is 70.7 Å². The molecule has 4 aromatic rings. The minimum Gasteiger partial charge on any atom is -0.445 e. The number of halogens is 1. The Morgan fingerprint density at radius 2 is 1.50 bits per heavy atom. The number of hydrogen-bond acceptors (Lipinski definition) is 13. The molecule has 1 aromatic heterocycles. The van der Waals surface area contributed by atoms with Crippen LogP contribution in [0.5, 0.6) is 5.75 Å². The summed E-state index contributed by atoms with van der Waals surface area (Å²) in [7, 11) is 3.04. The number of carbonyl (C=O) groups excluding carboxylic acids is 9. The molecule has 4 unspecified atom stereocenters. The first-order valence-corrected chi connectivity index (χ1v) is 25.5. The largest absolute Gasteiger partial charge is 0.445 e. The van der Waals surface area contributed by atoms with E-state index >= 15 is 0 Å². The van der Waals surface area contributed by atoms with Gasteiger partial charge in [0.1, 0.15) is 30.5 Å². The number of nitrogens with two attached hydrogens (primary N) is 2. The van der Waals surface area contributed by atoms with Crippen molar-refractivity contribution < 1.29 is 52.6 Å². The van der Waals surface area contributed by atoms with Crippen LogP contribution in [-0.2, 0) is 30.5 Å². The van der Waals surface area contributed by atoms with Gasteiger partial charge in [-0.25, -0.2) is 14.4 Å². The van der Waals surface area contributed by atoms with Gasteiger partial charge in [0.2, 0.25) is 23.6 Å². The molecule has 0 aliphatic carbocycles. The fourth-order valence-electron chi connectivity index (χ4n) is 8.15. The molecule has 0 radical (unpaired) electrons. The van der Waals surface area contributed by atoms with Gasteiger partial charge in [0.25, 0.3) is 5.91 Å². The summed E-state index contributed by atoms with van der Waals surface area (Å²) in [6, 6.07) is 14.9. The fourth-order valence-corrected chi connectivity index (χ4v) is 9.17. The van der Waals surface area contributed by atoms with E-state index in [1.807, 2.05) is 24.3 Å². The molecule has 3 aromatic carbocycles. The Morgan fingerprint density at radius 1 is 0.838 bits per heavy atom. The smallest absolute Gasteiger partial charge is 0.415 e. The molecule has 1 aliphatic rings. The summed E-state index contributed by atoms with van der Waals surface area (Å²) < 4.78 is 11.5. The predicted molar refractivity (Wildman–Crippen MR) is 281 cm³/mol. The van der Waals surface area contributed by atoms with Crippen molar-refractivity contribution in [2.75, 3.05) is 62.9 Å². The highest BCUT2D eigenvalue weighted by molar-refractivity contribution is 7.15. The highest BCUT2D eigenvalue weighted by Gasteiger charge is 2.36. The molecule has 0 fully saturated rings. The van der Waals surface area contributed by atoms with Crippen LogP contribution < -0.4 is 47.7 Å². The number of urea groups is 1. The Morgan fingerprint density at radius 3 is 2.12 bits per heavy atom. The first-order chi connectivity index (χ1) is 35.3. The van der Waals surface area contributed by atoms with E-state index in [1.54, 1.807) is 61.2 Å². The number of unbranched alkanes of at least 4 members (excludes halogenated alkanes) is 1. The molecule has 0 saturated carbocycles. The number of likely N-dealkylation sites (N-methyl/N-ethyl adjacent to an activating group) is 2. The van der Waals surface area contributed by atoms with Gasteiger partial charge in [-0.2, -0.15) is 0 Å². The molecule has 9 amide bonds. The molecular formula is C51H65ClN10O11S. The monoisotopic (exact) mass is 1060 g/mol. The number of ether oxygens (including phenoxy) is 2. The van der Waals surface area contributed by atoms with E-state index in [0.717, 1.165) is 22.3 Å². The third-order valence-electron chi connectivity index (χ3n) is 12.2. The molecule has 2 heterocycles. The molecular weight excluding hydrogens is 996 g/mol. The predicted octanol–water partition coefficient (Wildman–Crippen LogP) is 5.04. The van der Waals surface area contributed by atoms with Crippen molar-refractivity contribution in [1.82, 2.24) is 31.1 Å². The molecule has 4 atom stereocenters. The number of benzene rings is 3. The van der Waals surface area contributed by atoms with Crippen LogP contribution in [0, 0.1) is 5.92 Å². The fraction of sp³-hybridized carbons (Fsp3) is 0.431. The summed E-state index contributed by atoms with van der Waals surface area (Å²) in [6.07, 6.45) is 1.20. The normalized spacial score (nSPS) is 13.9. The van der Waals surface area contributed by atoms with Gasteiger partial charge in [-0.15, -0.1) is 22.9 Å². The van der Waals surface area contributed by atoms with Gasteiger partial charge in [-0.1, -0.05) is 50.2 Å². The number of nitrogens with zero attached hydrogens (tertiary/aromatic N) is 3. The number of rotatable bonds is 25. The van der Waals surface area contributed by atoms with Crippen LogP contribution in [0.25, 0.3) is 10.8 Å². The minimum absolute atomic E-state index is 0.0721. The Labute approximate surface area is 438 Å². The lowest BCUT2D eigenvalue weighted by Crippen LogP contribution is -2.57. The van der Waals surface area contributed by atoms with Crippen molar-refractivity contribution in [2.24, 2.45) is 17.4 Å². The standard InChI is InChI=1S/C51H65ClN10O11S/c1-30(2)44(59-46(66)38(56-31(3)64)13-8-9-21-53)47(67)58-39(14-10-22-55-49(54)69)45(65)57-34-17-15-32(16-18-34)29-72-50(70)60(4)23-24-61(5)51(71)73-41-25-40-43(37-12-7-6-11-36(37)41)33(26-52)27-62(40)48(68)42-20-19-35(28-63)74-42/h6-7,11-12,15-20,25,28,30,33,38-39,44H,8-10,13-14,21-24,26-27,29,53H2,1-5H3,(H,56,64)(H,57,65)(H,58,67)(H,59,66)(H3,54,55,69). The average molecular weight is 1060 g/mol. The summed E-state index contributed by atoms with van der Waals surface area (Å²) in [6.45, 7) is 5.62. The quantitative estimate of drug-likeness (QED) is 0.0261. The van der Waals surface area contributed by atoms with E-state index < -0.39 is 65.9 Å². The minimum atomic E-state index is -1.11. The summed E-state index contributed by atoms with van der Waals surface area (Å²) in [5.74, 6) is -2.61. The van der Waals surface area contributed by atoms with E-state index in [1.165, 1.54) is 30.8 Å². The van der Waals surface area contributed by atoms with E-state index in [2.05, 4.69) is 26.6 Å². The Balaban J connectivity index is 1.15. The maximum absolute atomic E-state index is 13.7. The number of aldehydes is 1. The highest BCUT2D eigenvalue weighted by atomic mass is 35.5. The van der Waals surface area contributed by atoms with E-state index in [4.69, 9.17) is 32.5 Å². The number of nitrogens with one attached hydrogen (secondary N) is 5. The lowest BCUT2D eigenvalue weighted by atomic mass is 9.95. The topological polar surface area (TPSA) is 294 Å². The average Bonchev–Trinajstić information content (AvgIpc) is 4.02. The molecule has 23 heteroatoms. The van der Waals surface area contributed by atoms with Gasteiger partial charge in [0, 0.05) is 76.1 Å². The van der Waals surface area contributed by atoms with Gasteiger partial charge in [0.15, 0.2) is 6.29 Å². The van der Waals surface area contributed by atoms with Crippen LogP contribution in [0.2, 0.25) is 0 Å². The zero-order valence-electron chi connectivity index (χ0n) is 42.1. The van der Waals surface area contributed by atoms with Crippen LogP contribution in [0.15, 0.2) is 66.7 Å². The molecule has 74 heavy (non-hydrogen) atoms. The summed E-state index contributed by atoms with van der Waals surface area (Å²) in [5.41, 5.74) is 13.2. The number of hydrogen-bond donors (Lipinski definition) is 7. The SMILES string of the molecule is CC(=O)NC(CCCCN)C(=O)NC(C(=O)NC(CCCNC(N)=O)C(=O)Nc1ccc(COC(=O)N(C)CCN(C)C(=O)Oc2cc3c(c4ccccc24)C(CCl)CN3C(=O)c2ccc(C=O)s2)cc1)C(C)C. The molecule has 398 valence electrons. The van der Waals surface area contributed by atoms with E-state index in [9.17, 15) is 43.2 Å². The number of alkyl halides is 1. The summed E-state index contributed by atoms with van der Waals surface area (Å²) in [4.78, 5) is 120. The van der Waals surface area contributed by atoms with Crippen molar-refractivity contribution in [3.8, 4) is 5.75 Å². The Bertz CT molecular complexity index is 2670. The van der Waals surface area contributed by atoms with Crippen LogP contribution in [0.3, 0.4) is 0 Å². The van der Waals surface area contributed by atoms with Crippen molar-refractivity contribution in [3.63, 3.8) is 0 Å². The van der Waals surface area contributed by atoms with Gasteiger partial charge in [0.05, 0.1) is 15.4 Å². The summed E-state index contributed by atoms with van der Waals surface area (Å²) in [5, 5.41) is 14.7. The number of carbonyl (C=O) groups is 9. The first-order valence-electron chi connectivity index (χ1n) is 24.2. The number of anilines is 2. The van der Waals surface area contributed by atoms with Crippen LogP contribution >= 0.6 is 22.9 Å². The first kappa shape index (κ1) is 57.6. The van der Waals surface area contributed by atoms with Gasteiger partial charge >= 0.3 is 18.2 Å². The Kier molecular flexibility index (Phi) is 21.5. The molecule has 21 nitrogen and oxygen atoms in total. The molecule has 0 bridgehead atoms. The van der Waals surface area contributed by atoms with Gasteiger partial charge in [-0.3, -0.25) is 28.8 Å². The zero-order chi connectivity index (χ0) is 54.1. The van der Waals surface area contributed by atoms with Crippen molar-refractivity contribution in [1.29, 1.82) is 0 Å². The maximum atomic E-state index is 13.7. The van der Waals surface area contributed by atoms with E-state index in [-0.39, 0.29) is 62.5 Å². The zero-order valence-corrected chi connectivity index (χ0v) is 43.6. The Hall–Kier alpha value is -7.30. The van der Waals surface area contributed by atoms with Crippen LogP contribution in [0.1, 0.15) is 89.3 Å². The maximum Gasteiger partial charge on any atom is 0.415 e. The van der Waals surface area contributed by atoms with Crippen LogP contribution in [-0.4, -0.2) is 135 Å². The van der Waals surface area contributed by atoms with Crippen LogP contribution in [0.4, 0.5) is 25.8 Å². The van der Waals surface area contributed by atoms with Crippen molar-refractivity contribution >= 4 is 99.1 Å². The lowest BCUT2D eigenvalue weighted by Gasteiger charge is -2.27. The second kappa shape index (κ2) is 27.7. The van der Waals surface area contributed by atoms with Crippen molar-refractivity contribution in [3.05, 3.63) is 87.6 Å². The van der Waals surface area contributed by atoms with Gasteiger partial charge in [-0.05, 0) is 85.3 Å². The number of primary amides is 1. The molecule has 0 spiro atoms. The van der Waals surface area contributed by atoms with Crippen molar-refractivity contribution in [2.45, 2.75) is 83.5 Å². The third kappa shape index (κ3) is 15.8. The van der Waals surface area contributed by atoms with Gasteiger partial charge < -0.3 is 62.2 Å². The molecule has 9 N–H and O–H groups in total. The number of amides is 9. The number of fused-ring (bicyclic) bond motifs is 3. The second-order valence-electron chi connectivity index (χ2n) is 18.2. The lowest BCUT2D eigenvalue weighted by molar-refractivity contribution is -0.133. The number of thiophene rings is 1. The molecule has 5 rings (SSSR count). The highest BCUT2D eigenvalue weighted by Crippen LogP contribution is 2.46. The third-order valence-corrected chi connectivity index (χ3v) is 13.5. The summed E-state index contributed by atoms with van der Waals surface area (Å²) >= 11 is 7.51. The second-order valence-corrected chi connectivity index (χ2v) is 19.6. The molecule has 1 aliphatic heterocycles. The molecule has 0 saturated heterocycles.